The summed E-state index contributed by atoms with van der Waals surface area (Å²) < 4.78 is 40.1. The molecule has 0 bridgehead atoms. The van der Waals surface area contributed by atoms with E-state index in [1.54, 1.807) is 31.3 Å². The van der Waals surface area contributed by atoms with E-state index in [4.69, 9.17) is 9.47 Å². The van der Waals surface area contributed by atoms with E-state index >= 15 is 4.39 Å². The van der Waals surface area contributed by atoms with Crippen molar-refractivity contribution < 1.29 is 28.2 Å². The van der Waals surface area contributed by atoms with Gasteiger partial charge in [0.2, 0.25) is 0 Å². The van der Waals surface area contributed by atoms with Crippen molar-refractivity contribution in [3.05, 3.63) is 71.2 Å². The van der Waals surface area contributed by atoms with Crippen molar-refractivity contribution in [2.24, 2.45) is 5.41 Å². The van der Waals surface area contributed by atoms with Gasteiger partial charge in [-0.15, -0.1) is 0 Å². The minimum absolute atomic E-state index is 0.00286. The number of carboxylic acid groups (broad SMARTS) is 1. The lowest BCUT2D eigenvalue weighted by Gasteiger charge is -2.40. The van der Waals surface area contributed by atoms with Crippen molar-refractivity contribution in [1.29, 1.82) is 0 Å². The van der Waals surface area contributed by atoms with Gasteiger partial charge in [-0.05, 0) is 75.8 Å². The molecule has 1 aromatic carbocycles. The van der Waals surface area contributed by atoms with E-state index in [-0.39, 0.29) is 23.6 Å². The standard InChI is InChI=1S/C32H39F2N3O4/c1-20-26(28(30(38)39)41-31(2,3)4)27(37-16-14-32(5,6)15-17-37)23(19-35-20)24-11-12-25(29(34)36-24)40-18-13-21-7-9-22(33)10-8-21/h7-12,19,28H,13-18H2,1-6H3,(H,38,39). The topological polar surface area (TPSA) is 84.8 Å². The first-order valence-electron chi connectivity index (χ1n) is 13.9. The number of aliphatic carboxylic acids is 1. The third-order valence-electron chi connectivity index (χ3n) is 7.33. The molecule has 0 saturated carbocycles. The van der Waals surface area contributed by atoms with Gasteiger partial charge < -0.3 is 19.5 Å². The number of pyridine rings is 2. The molecule has 2 aromatic heterocycles. The Hall–Kier alpha value is -3.59. The van der Waals surface area contributed by atoms with Gasteiger partial charge in [-0.2, -0.15) is 4.39 Å². The van der Waals surface area contributed by atoms with Gasteiger partial charge in [0.05, 0.1) is 23.6 Å². The Labute approximate surface area is 240 Å². The number of nitrogens with zero attached hydrogens (tertiary/aromatic N) is 3. The monoisotopic (exact) mass is 567 g/mol. The van der Waals surface area contributed by atoms with E-state index < -0.39 is 23.6 Å². The first-order chi connectivity index (χ1) is 19.2. The zero-order chi connectivity index (χ0) is 29.9. The summed E-state index contributed by atoms with van der Waals surface area (Å²) in [4.78, 5) is 23.4. The van der Waals surface area contributed by atoms with E-state index in [9.17, 15) is 14.3 Å². The Kier molecular flexibility index (Phi) is 8.97. The highest BCUT2D eigenvalue weighted by Crippen LogP contribution is 2.43. The largest absolute Gasteiger partial charge is 0.488 e. The quantitative estimate of drug-likeness (QED) is 0.281. The fourth-order valence-corrected chi connectivity index (χ4v) is 4.98. The number of piperidine rings is 1. The van der Waals surface area contributed by atoms with E-state index in [0.29, 0.717) is 47.7 Å². The number of carboxylic acids is 1. The molecule has 1 fully saturated rings. The lowest BCUT2D eigenvalue weighted by molar-refractivity contribution is -0.160. The number of aryl methyl sites for hydroxylation is 1. The number of benzene rings is 1. The SMILES string of the molecule is Cc1ncc(-c2ccc(OCCc3ccc(F)cc3)c(F)n2)c(N2CCC(C)(C)CC2)c1C(OC(C)(C)C)C(=O)O. The van der Waals surface area contributed by atoms with Crippen LogP contribution in [0.15, 0.2) is 42.6 Å². The normalized spacial score (nSPS) is 16.0. The van der Waals surface area contributed by atoms with Crippen LogP contribution in [0.4, 0.5) is 14.5 Å². The zero-order valence-corrected chi connectivity index (χ0v) is 24.6. The van der Waals surface area contributed by atoms with Gasteiger partial charge in [-0.3, -0.25) is 4.98 Å². The van der Waals surface area contributed by atoms with Crippen LogP contribution in [0.1, 0.15) is 70.4 Å². The van der Waals surface area contributed by atoms with Crippen molar-refractivity contribution in [3.8, 4) is 17.0 Å². The van der Waals surface area contributed by atoms with Gasteiger partial charge in [0.15, 0.2) is 11.9 Å². The molecular formula is C32H39F2N3O4. The van der Waals surface area contributed by atoms with E-state index in [0.717, 1.165) is 18.4 Å². The highest BCUT2D eigenvalue weighted by atomic mass is 19.1. The van der Waals surface area contributed by atoms with Crippen LogP contribution < -0.4 is 9.64 Å². The number of hydrogen-bond donors (Lipinski definition) is 1. The average Bonchev–Trinajstić information content (AvgIpc) is 2.89. The lowest BCUT2D eigenvalue weighted by Crippen LogP contribution is -2.39. The summed E-state index contributed by atoms with van der Waals surface area (Å²) in [5.41, 5.74) is 2.79. The number of aromatic nitrogens is 2. The molecule has 3 aromatic rings. The van der Waals surface area contributed by atoms with Gasteiger partial charge in [0, 0.05) is 42.5 Å². The highest BCUT2D eigenvalue weighted by Gasteiger charge is 2.36. The smallest absolute Gasteiger partial charge is 0.337 e. The summed E-state index contributed by atoms with van der Waals surface area (Å²) in [5, 5.41) is 10.3. The maximum atomic E-state index is 15.2. The molecule has 0 amide bonds. The predicted molar refractivity (Wildman–Crippen MR) is 154 cm³/mol. The van der Waals surface area contributed by atoms with E-state index in [1.165, 1.54) is 18.2 Å². The maximum Gasteiger partial charge on any atom is 0.337 e. The van der Waals surface area contributed by atoms with Crippen LogP contribution in [0.2, 0.25) is 0 Å². The van der Waals surface area contributed by atoms with Gasteiger partial charge in [-0.25, -0.2) is 14.2 Å². The summed E-state index contributed by atoms with van der Waals surface area (Å²) in [7, 11) is 0. The van der Waals surface area contributed by atoms with Crippen LogP contribution >= 0.6 is 0 Å². The molecule has 41 heavy (non-hydrogen) atoms. The minimum Gasteiger partial charge on any atom is -0.488 e. The first kappa shape index (κ1) is 30.4. The van der Waals surface area contributed by atoms with Crippen LogP contribution in [-0.2, 0) is 16.0 Å². The molecule has 220 valence electrons. The average molecular weight is 568 g/mol. The second-order valence-corrected chi connectivity index (χ2v) is 12.3. The Morgan fingerprint density at radius 1 is 1.10 bits per heavy atom. The van der Waals surface area contributed by atoms with Crippen LogP contribution in [0.5, 0.6) is 5.75 Å². The molecule has 1 aliphatic rings. The van der Waals surface area contributed by atoms with Crippen LogP contribution in [0.3, 0.4) is 0 Å². The fraction of sp³-hybridized carbons (Fsp3) is 0.469. The molecule has 1 aliphatic heterocycles. The number of halogens is 2. The third kappa shape index (κ3) is 7.58. The lowest BCUT2D eigenvalue weighted by atomic mass is 9.82. The van der Waals surface area contributed by atoms with Crippen molar-refractivity contribution >= 4 is 11.7 Å². The highest BCUT2D eigenvalue weighted by molar-refractivity contribution is 5.85. The molecular weight excluding hydrogens is 528 g/mol. The van der Waals surface area contributed by atoms with Crippen LogP contribution in [-0.4, -0.2) is 46.3 Å². The van der Waals surface area contributed by atoms with Crippen molar-refractivity contribution in [2.45, 2.75) is 72.5 Å². The first-order valence-corrected chi connectivity index (χ1v) is 13.9. The number of ether oxygens (including phenoxy) is 2. The van der Waals surface area contributed by atoms with Gasteiger partial charge in [0.1, 0.15) is 5.82 Å². The van der Waals surface area contributed by atoms with E-state index in [1.807, 2.05) is 20.8 Å². The van der Waals surface area contributed by atoms with E-state index in [2.05, 4.69) is 28.7 Å². The summed E-state index contributed by atoms with van der Waals surface area (Å²) >= 11 is 0. The van der Waals surface area contributed by atoms with Gasteiger partial charge >= 0.3 is 5.97 Å². The Morgan fingerprint density at radius 3 is 2.34 bits per heavy atom. The molecule has 4 rings (SSSR count). The summed E-state index contributed by atoms with van der Waals surface area (Å²) in [6, 6.07) is 9.25. The molecule has 1 N–H and O–H groups in total. The van der Waals surface area contributed by atoms with Crippen molar-refractivity contribution in [2.75, 3.05) is 24.6 Å². The molecule has 3 heterocycles. The molecule has 1 unspecified atom stereocenters. The third-order valence-corrected chi connectivity index (χ3v) is 7.33. The Morgan fingerprint density at radius 2 is 1.76 bits per heavy atom. The number of rotatable bonds is 9. The summed E-state index contributed by atoms with van der Waals surface area (Å²) in [5.74, 6) is -2.22. The predicted octanol–water partition coefficient (Wildman–Crippen LogP) is 6.92. The number of anilines is 1. The van der Waals surface area contributed by atoms with Crippen LogP contribution in [0, 0.1) is 24.1 Å². The van der Waals surface area contributed by atoms with Gasteiger partial charge in [-0.1, -0.05) is 26.0 Å². The van der Waals surface area contributed by atoms with Crippen LogP contribution in [0.25, 0.3) is 11.3 Å². The molecule has 7 nitrogen and oxygen atoms in total. The van der Waals surface area contributed by atoms with Gasteiger partial charge in [0.25, 0.3) is 5.95 Å². The summed E-state index contributed by atoms with van der Waals surface area (Å²) in [6.45, 7) is 13.2. The number of hydrogen-bond acceptors (Lipinski definition) is 6. The molecule has 1 saturated heterocycles. The molecule has 1 atom stereocenters. The molecule has 9 heteroatoms. The number of carbonyl (C=O) groups is 1. The van der Waals surface area contributed by atoms with Crippen molar-refractivity contribution in [1.82, 2.24) is 9.97 Å². The molecule has 0 aliphatic carbocycles. The second kappa shape index (κ2) is 12.1. The second-order valence-electron chi connectivity index (χ2n) is 12.3. The molecule has 0 spiro atoms. The Bertz CT molecular complexity index is 1380. The zero-order valence-electron chi connectivity index (χ0n) is 24.6. The minimum atomic E-state index is -1.27. The Balaban J connectivity index is 1.71. The van der Waals surface area contributed by atoms with Crippen molar-refractivity contribution in [3.63, 3.8) is 0 Å². The molecule has 0 radical (unpaired) electrons. The maximum absolute atomic E-state index is 15.2. The fourth-order valence-electron chi connectivity index (χ4n) is 4.98. The summed E-state index contributed by atoms with van der Waals surface area (Å²) in [6.07, 6.45) is 2.65.